The van der Waals surface area contributed by atoms with Crippen LogP contribution in [0.25, 0.3) is 5.69 Å². The molecule has 7 rings (SSSR count). The van der Waals surface area contributed by atoms with Gasteiger partial charge in [0.25, 0.3) is 5.56 Å². The third-order valence-corrected chi connectivity index (χ3v) is 8.16. The van der Waals surface area contributed by atoms with Crippen molar-refractivity contribution in [3.05, 3.63) is 79.6 Å². The lowest BCUT2D eigenvalue weighted by Crippen LogP contribution is -2.48. The number of benzene rings is 1. The largest absolute Gasteiger partial charge is 0.493 e. The zero-order chi connectivity index (χ0) is 23.4. The van der Waals surface area contributed by atoms with Crippen LogP contribution in [0.1, 0.15) is 49.7 Å². The van der Waals surface area contributed by atoms with E-state index in [9.17, 15) is 14.7 Å². The lowest BCUT2D eigenvalue weighted by molar-refractivity contribution is -0.00518. The molecule has 3 aromatic rings. The maximum Gasteiger partial charge on any atom is 0.335 e. The summed E-state index contributed by atoms with van der Waals surface area (Å²) in [7, 11) is 0. The van der Waals surface area contributed by atoms with E-state index >= 15 is 0 Å². The van der Waals surface area contributed by atoms with E-state index in [0.717, 1.165) is 22.3 Å². The summed E-state index contributed by atoms with van der Waals surface area (Å²) in [5.41, 5.74) is 0.513. The van der Waals surface area contributed by atoms with E-state index in [1.165, 1.54) is 56.5 Å². The van der Waals surface area contributed by atoms with Crippen LogP contribution in [-0.2, 0) is 5.41 Å². The van der Waals surface area contributed by atoms with Crippen LogP contribution in [0.3, 0.4) is 0 Å². The Hall–Kier alpha value is -3.19. The summed E-state index contributed by atoms with van der Waals surface area (Å²) in [6.07, 6.45) is 10.5. The molecule has 2 N–H and O–H groups in total. The maximum absolute atomic E-state index is 12.6. The van der Waals surface area contributed by atoms with Crippen molar-refractivity contribution in [1.82, 2.24) is 14.5 Å². The molecule has 0 unspecified atom stereocenters. The summed E-state index contributed by atoms with van der Waals surface area (Å²) in [5.74, 6) is 2.38. The van der Waals surface area contributed by atoms with Crippen molar-refractivity contribution in [1.29, 1.82) is 0 Å². The van der Waals surface area contributed by atoms with Crippen LogP contribution in [0.5, 0.6) is 5.88 Å². The van der Waals surface area contributed by atoms with Gasteiger partial charge in [-0.15, -0.1) is 0 Å². The number of pyridine rings is 1. The van der Waals surface area contributed by atoms with Gasteiger partial charge in [0.2, 0.25) is 5.88 Å². The first-order chi connectivity index (χ1) is 16.4. The molecule has 0 aliphatic heterocycles. The number of nitrogens with one attached hydrogen (secondary N) is 1. The fraction of sp³-hybridized carbons (Fsp3) is 0.385. The first kappa shape index (κ1) is 21.4. The van der Waals surface area contributed by atoms with Crippen LogP contribution in [-0.4, -0.2) is 25.9 Å². The van der Waals surface area contributed by atoms with Gasteiger partial charge < -0.3 is 5.11 Å². The molecule has 0 atom stereocenters. The second-order valence-corrected chi connectivity index (χ2v) is 10.6. The molecule has 4 aliphatic rings. The number of halogens is 1. The van der Waals surface area contributed by atoms with Gasteiger partial charge in [-0.2, -0.15) is 0 Å². The van der Waals surface area contributed by atoms with E-state index in [4.69, 9.17) is 11.6 Å². The van der Waals surface area contributed by atoms with Gasteiger partial charge in [0, 0.05) is 12.4 Å². The van der Waals surface area contributed by atoms with Crippen molar-refractivity contribution in [2.75, 3.05) is 0 Å². The molecule has 8 heteroatoms. The number of aliphatic imine (C=N–C) groups is 1. The number of H-pyrrole nitrogens is 1. The second kappa shape index (κ2) is 7.94. The van der Waals surface area contributed by atoms with Gasteiger partial charge >= 0.3 is 5.69 Å². The van der Waals surface area contributed by atoms with E-state index in [-0.39, 0.29) is 11.0 Å². The van der Waals surface area contributed by atoms with Crippen molar-refractivity contribution in [2.45, 2.75) is 43.9 Å². The number of hydrogen-bond donors (Lipinski definition) is 2. The fourth-order valence-electron chi connectivity index (χ4n) is 6.90. The zero-order valence-electron chi connectivity index (χ0n) is 18.6. The Morgan fingerprint density at radius 3 is 2.26 bits per heavy atom. The third kappa shape index (κ3) is 3.59. The Labute approximate surface area is 201 Å². The average Bonchev–Trinajstić information content (AvgIpc) is 2.79. The molecule has 4 aliphatic carbocycles. The van der Waals surface area contributed by atoms with Crippen LogP contribution in [0.15, 0.2) is 57.2 Å². The Morgan fingerprint density at radius 1 is 1.03 bits per heavy atom. The Morgan fingerprint density at radius 2 is 1.68 bits per heavy atom. The minimum Gasteiger partial charge on any atom is -0.493 e. The van der Waals surface area contributed by atoms with Crippen molar-refractivity contribution in [2.24, 2.45) is 22.7 Å². The topological polar surface area (TPSA) is 100 Å². The molecule has 2 heterocycles. The molecule has 0 radical (unpaired) electrons. The highest BCUT2D eigenvalue weighted by molar-refractivity contribution is 6.30. The summed E-state index contributed by atoms with van der Waals surface area (Å²) in [6.45, 7) is 0. The van der Waals surface area contributed by atoms with Crippen LogP contribution in [0.4, 0.5) is 5.82 Å². The van der Waals surface area contributed by atoms with Gasteiger partial charge in [0.15, 0.2) is 5.82 Å². The smallest absolute Gasteiger partial charge is 0.335 e. The minimum absolute atomic E-state index is 0.124. The van der Waals surface area contributed by atoms with E-state index in [0.29, 0.717) is 16.5 Å². The molecule has 4 saturated carbocycles. The molecule has 4 bridgehead atoms. The predicted molar refractivity (Wildman–Crippen MR) is 131 cm³/mol. The highest BCUT2D eigenvalue weighted by Gasteiger charge is 2.51. The van der Waals surface area contributed by atoms with E-state index < -0.39 is 17.1 Å². The van der Waals surface area contributed by atoms with Crippen LogP contribution in [0, 0.1) is 17.8 Å². The standard InChI is InChI=1S/C26H25ClN4O3/c27-19-3-6-22(28-13-19)29-14-21-23(32)30-25(34)31(24(21)33)20-4-1-18(2-5-20)26-10-15-7-16(11-26)9-17(8-15)12-26/h1-6,13-17,33H,7-12H2,(H,30,32,34). The average molecular weight is 477 g/mol. The van der Waals surface area contributed by atoms with Gasteiger partial charge in [0.1, 0.15) is 5.56 Å². The van der Waals surface area contributed by atoms with Crippen molar-refractivity contribution in [3.8, 4) is 11.6 Å². The van der Waals surface area contributed by atoms with Gasteiger partial charge in [-0.25, -0.2) is 19.3 Å². The highest BCUT2D eigenvalue weighted by atomic mass is 35.5. The third-order valence-electron chi connectivity index (χ3n) is 7.93. The summed E-state index contributed by atoms with van der Waals surface area (Å²) < 4.78 is 1.10. The summed E-state index contributed by atoms with van der Waals surface area (Å²) in [6, 6.07) is 11.1. The summed E-state index contributed by atoms with van der Waals surface area (Å²) in [4.78, 5) is 35.4. The Bertz CT molecular complexity index is 1350. The van der Waals surface area contributed by atoms with Crippen molar-refractivity contribution < 1.29 is 5.11 Å². The molecule has 0 amide bonds. The Kier molecular flexibility index (Phi) is 4.99. The summed E-state index contributed by atoms with van der Waals surface area (Å²) >= 11 is 5.84. The normalized spacial score (nSPS) is 27.5. The molecule has 0 saturated heterocycles. The van der Waals surface area contributed by atoms with Gasteiger partial charge in [0.05, 0.1) is 10.7 Å². The molecule has 174 valence electrons. The maximum atomic E-state index is 12.6. The van der Waals surface area contributed by atoms with Gasteiger partial charge in [-0.05, 0) is 91.5 Å². The molecule has 1 aromatic carbocycles. The number of hydrogen-bond acceptors (Lipinski definition) is 5. The molecule has 4 fully saturated rings. The van der Waals surface area contributed by atoms with Gasteiger partial charge in [-0.3, -0.25) is 9.78 Å². The van der Waals surface area contributed by atoms with E-state index in [1.807, 2.05) is 12.1 Å². The molecule has 7 nitrogen and oxygen atoms in total. The monoisotopic (exact) mass is 476 g/mol. The van der Waals surface area contributed by atoms with Crippen LogP contribution in [0.2, 0.25) is 5.02 Å². The van der Waals surface area contributed by atoms with Gasteiger partial charge in [-0.1, -0.05) is 23.7 Å². The minimum atomic E-state index is -0.721. The molecular formula is C26H25ClN4O3. The summed E-state index contributed by atoms with van der Waals surface area (Å²) in [5, 5.41) is 11.3. The molecule has 34 heavy (non-hydrogen) atoms. The Balaban J connectivity index is 1.34. The first-order valence-corrected chi connectivity index (χ1v) is 12.1. The van der Waals surface area contributed by atoms with Crippen LogP contribution >= 0.6 is 11.6 Å². The number of aromatic nitrogens is 3. The van der Waals surface area contributed by atoms with E-state index in [1.54, 1.807) is 12.1 Å². The van der Waals surface area contributed by atoms with Crippen LogP contribution < -0.4 is 11.2 Å². The number of rotatable bonds is 4. The zero-order valence-corrected chi connectivity index (χ0v) is 19.3. The second-order valence-electron chi connectivity index (χ2n) is 10.2. The van der Waals surface area contributed by atoms with E-state index in [2.05, 4.69) is 27.1 Å². The quantitative estimate of drug-likeness (QED) is 0.541. The fourth-order valence-corrected chi connectivity index (χ4v) is 7.01. The first-order valence-electron chi connectivity index (χ1n) is 11.7. The predicted octanol–water partition coefficient (Wildman–Crippen LogP) is 4.50. The number of aromatic amines is 1. The lowest BCUT2D eigenvalue weighted by Gasteiger charge is -2.57. The molecule has 0 spiro atoms. The number of aromatic hydroxyl groups is 1. The van der Waals surface area contributed by atoms with Crippen molar-refractivity contribution in [3.63, 3.8) is 0 Å². The SMILES string of the molecule is O=c1[nH]c(=O)n(-c2ccc(C34CC5CC(CC(C5)C3)C4)cc2)c(O)c1C=Nc1ccc(Cl)cn1. The molecule has 2 aromatic heterocycles. The number of nitrogens with zero attached hydrogens (tertiary/aromatic N) is 3. The lowest BCUT2D eigenvalue weighted by atomic mass is 9.48. The highest BCUT2D eigenvalue weighted by Crippen LogP contribution is 2.60. The molecular weight excluding hydrogens is 452 g/mol. The van der Waals surface area contributed by atoms with Crippen molar-refractivity contribution >= 4 is 23.6 Å².